The maximum absolute atomic E-state index is 5.31. The minimum absolute atomic E-state index is 0.497. The highest BCUT2D eigenvalue weighted by Gasteiger charge is 2.21. The second-order valence-corrected chi connectivity index (χ2v) is 7.79. The molecule has 1 aliphatic heterocycles. The van der Waals surface area contributed by atoms with E-state index in [1.54, 1.807) is 7.11 Å². The van der Waals surface area contributed by atoms with Crippen LogP contribution < -0.4 is 15.4 Å². The summed E-state index contributed by atoms with van der Waals surface area (Å²) in [6.45, 7) is 10.5. The summed E-state index contributed by atoms with van der Waals surface area (Å²) in [7, 11) is 1.70. The van der Waals surface area contributed by atoms with Crippen LogP contribution in [0.25, 0.3) is 10.8 Å². The lowest BCUT2D eigenvalue weighted by molar-refractivity contribution is 0.167. The first-order chi connectivity index (χ1) is 13.6. The summed E-state index contributed by atoms with van der Waals surface area (Å²) >= 11 is 0. The fourth-order valence-corrected chi connectivity index (χ4v) is 3.74. The molecule has 5 heteroatoms. The Bertz CT molecular complexity index is 794. The van der Waals surface area contributed by atoms with Crippen molar-refractivity contribution in [3.8, 4) is 5.75 Å². The quantitative estimate of drug-likeness (QED) is 0.590. The summed E-state index contributed by atoms with van der Waals surface area (Å²) in [5.41, 5.74) is 1.21. The Labute approximate surface area is 169 Å². The van der Waals surface area contributed by atoms with Crippen LogP contribution in [0.15, 0.2) is 41.4 Å². The first kappa shape index (κ1) is 20.5. The third-order valence-electron chi connectivity index (χ3n) is 5.48. The van der Waals surface area contributed by atoms with Crippen LogP contribution in [0.3, 0.4) is 0 Å². The van der Waals surface area contributed by atoms with Gasteiger partial charge in [0, 0.05) is 31.7 Å². The SMILES string of the molecule is CCNC(=NCc1ccc2cc(OC)ccc2c1)NC1CCN(C(C)C)CC1. The van der Waals surface area contributed by atoms with E-state index in [0.717, 1.165) is 31.3 Å². The summed E-state index contributed by atoms with van der Waals surface area (Å²) < 4.78 is 5.31. The van der Waals surface area contributed by atoms with E-state index in [9.17, 15) is 0 Å². The van der Waals surface area contributed by atoms with E-state index in [1.165, 1.54) is 29.2 Å². The van der Waals surface area contributed by atoms with Crippen molar-refractivity contribution < 1.29 is 4.74 Å². The van der Waals surface area contributed by atoms with Crippen LogP contribution in [0.5, 0.6) is 5.75 Å². The maximum atomic E-state index is 5.31. The Morgan fingerprint density at radius 3 is 2.54 bits per heavy atom. The lowest BCUT2D eigenvalue weighted by atomic mass is 10.0. The van der Waals surface area contributed by atoms with Crippen LogP contribution in [0, 0.1) is 0 Å². The molecule has 2 N–H and O–H groups in total. The van der Waals surface area contributed by atoms with Gasteiger partial charge in [0.05, 0.1) is 13.7 Å². The van der Waals surface area contributed by atoms with Crippen molar-refractivity contribution in [1.29, 1.82) is 0 Å². The van der Waals surface area contributed by atoms with Crippen LogP contribution >= 0.6 is 0 Å². The number of hydrogen-bond acceptors (Lipinski definition) is 3. The molecule has 0 radical (unpaired) electrons. The predicted octanol–water partition coefficient (Wildman–Crippen LogP) is 3.78. The molecule has 1 fully saturated rings. The average molecular weight is 383 g/mol. The molecule has 0 aromatic heterocycles. The third-order valence-corrected chi connectivity index (χ3v) is 5.48. The second-order valence-electron chi connectivity index (χ2n) is 7.79. The van der Waals surface area contributed by atoms with E-state index < -0.39 is 0 Å². The molecular weight excluding hydrogens is 348 g/mol. The number of hydrogen-bond donors (Lipinski definition) is 2. The van der Waals surface area contributed by atoms with Crippen molar-refractivity contribution in [3.63, 3.8) is 0 Å². The zero-order chi connectivity index (χ0) is 19.9. The van der Waals surface area contributed by atoms with Gasteiger partial charge in [0.25, 0.3) is 0 Å². The number of guanidine groups is 1. The molecule has 0 atom stereocenters. The van der Waals surface area contributed by atoms with E-state index >= 15 is 0 Å². The highest BCUT2D eigenvalue weighted by Crippen LogP contribution is 2.22. The molecule has 0 unspecified atom stereocenters. The van der Waals surface area contributed by atoms with Gasteiger partial charge in [0.15, 0.2) is 5.96 Å². The highest BCUT2D eigenvalue weighted by molar-refractivity contribution is 5.84. The largest absolute Gasteiger partial charge is 0.497 e. The third kappa shape index (κ3) is 5.38. The summed E-state index contributed by atoms with van der Waals surface area (Å²) in [6.07, 6.45) is 2.33. The molecule has 3 rings (SSSR count). The Hall–Kier alpha value is -2.27. The standard InChI is InChI=1S/C23H34N4O/c1-5-24-23(26-21-10-12-27(13-11-21)17(2)3)25-16-18-6-7-20-15-22(28-4)9-8-19(20)14-18/h6-9,14-15,17,21H,5,10-13,16H2,1-4H3,(H2,24,25,26). The topological polar surface area (TPSA) is 48.9 Å². The van der Waals surface area contributed by atoms with Gasteiger partial charge in [-0.2, -0.15) is 0 Å². The number of aliphatic imine (C=N–C) groups is 1. The smallest absolute Gasteiger partial charge is 0.191 e. The number of benzene rings is 2. The lowest BCUT2D eigenvalue weighted by Crippen LogP contribution is -2.49. The minimum Gasteiger partial charge on any atom is -0.497 e. The fraction of sp³-hybridized carbons (Fsp3) is 0.522. The molecule has 0 aliphatic carbocycles. The number of nitrogens with one attached hydrogen (secondary N) is 2. The minimum atomic E-state index is 0.497. The van der Waals surface area contributed by atoms with Gasteiger partial charge in [-0.05, 0) is 68.1 Å². The number of fused-ring (bicyclic) bond motifs is 1. The summed E-state index contributed by atoms with van der Waals surface area (Å²) in [4.78, 5) is 7.38. The number of rotatable bonds is 6. The molecule has 152 valence electrons. The molecule has 0 saturated carbocycles. The van der Waals surface area contributed by atoms with Gasteiger partial charge < -0.3 is 20.3 Å². The van der Waals surface area contributed by atoms with E-state index in [-0.39, 0.29) is 0 Å². The molecule has 0 spiro atoms. The van der Waals surface area contributed by atoms with Gasteiger partial charge in [-0.15, -0.1) is 0 Å². The predicted molar refractivity (Wildman–Crippen MR) is 118 cm³/mol. The number of piperidine rings is 1. The van der Waals surface area contributed by atoms with Crippen LogP contribution in [-0.4, -0.2) is 49.7 Å². The number of methoxy groups -OCH3 is 1. The van der Waals surface area contributed by atoms with Gasteiger partial charge in [0.2, 0.25) is 0 Å². The molecule has 0 bridgehead atoms. The van der Waals surface area contributed by atoms with Crippen molar-refractivity contribution in [3.05, 3.63) is 42.0 Å². The van der Waals surface area contributed by atoms with Gasteiger partial charge in [-0.3, -0.25) is 0 Å². The van der Waals surface area contributed by atoms with Gasteiger partial charge >= 0.3 is 0 Å². The number of likely N-dealkylation sites (tertiary alicyclic amines) is 1. The molecule has 2 aromatic rings. The molecule has 0 amide bonds. The fourth-order valence-electron chi connectivity index (χ4n) is 3.74. The zero-order valence-electron chi connectivity index (χ0n) is 17.7. The molecule has 1 heterocycles. The van der Waals surface area contributed by atoms with E-state index in [4.69, 9.17) is 9.73 Å². The first-order valence-corrected chi connectivity index (χ1v) is 10.4. The first-order valence-electron chi connectivity index (χ1n) is 10.4. The van der Waals surface area contributed by atoms with Crippen molar-refractivity contribution in [2.24, 2.45) is 4.99 Å². The van der Waals surface area contributed by atoms with Crippen molar-refractivity contribution >= 4 is 16.7 Å². The summed E-state index contributed by atoms with van der Waals surface area (Å²) in [6, 6.07) is 13.8. The Morgan fingerprint density at radius 1 is 1.14 bits per heavy atom. The molecule has 5 nitrogen and oxygen atoms in total. The molecule has 1 saturated heterocycles. The summed E-state index contributed by atoms with van der Waals surface area (Å²) in [5.74, 6) is 1.81. The van der Waals surface area contributed by atoms with E-state index in [0.29, 0.717) is 18.6 Å². The van der Waals surface area contributed by atoms with Crippen molar-refractivity contribution in [2.75, 3.05) is 26.7 Å². The zero-order valence-corrected chi connectivity index (χ0v) is 17.7. The molecule has 1 aliphatic rings. The second kappa shape index (κ2) is 9.78. The van der Waals surface area contributed by atoms with Crippen molar-refractivity contribution in [2.45, 2.75) is 52.2 Å². The van der Waals surface area contributed by atoms with Crippen LogP contribution in [-0.2, 0) is 6.54 Å². The van der Waals surface area contributed by atoms with Gasteiger partial charge in [0.1, 0.15) is 5.75 Å². The molecule has 28 heavy (non-hydrogen) atoms. The molecular formula is C23H34N4O. The van der Waals surface area contributed by atoms with Crippen LogP contribution in [0.2, 0.25) is 0 Å². The Balaban J connectivity index is 1.63. The monoisotopic (exact) mass is 382 g/mol. The Morgan fingerprint density at radius 2 is 1.86 bits per heavy atom. The number of nitrogens with zero attached hydrogens (tertiary/aromatic N) is 2. The van der Waals surface area contributed by atoms with Gasteiger partial charge in [-0.1, -0.05) is 18.2 Å². The lowest BCUT2D eigenvalue weighted by Gasteiger charge is -2.35. The summed E-state index contributed by atoms with van der Waals surface area (Å²) in [5, 5.41) is 9.43. The van der Waals surface area contributed by atoms with Crippen molar-refractivity contribution in [1.82, 2.24) is 15.5 Å². The van der Waals surface area contributed by atoms with E-state index in [2.05, 4.69) is 66.6 Å². The average Bonchev–Trinajstić information content (AvgIpc) is 2.72. The molecule has 2 aromatic carbocycles. The van der Waals surface area contributed by atoms with E-state index in [1.807, 2.05) is 6.07 Å². The normalized spacial score (nSPS) is 16.5. The van der Waals surface area contributed by atoms with Crippen LogP contribution in [0.1, 0.15) is 39.2 Å². The highest BCUT2D eigenvalue weighted by atomic mass is 16.5. The number of ether oxygens (including phenoxy) is 1. The maximum Gasteiger partial charge on any atom is 0.191 e. The Kier molecular flexibility index (Phi) is 7.15. The van der Waals surface area contributed by atoms with Crippen LogP contribution in [0.4, 0.5) is 0 Å². The van der Waals surface area contributed by atoms with Gasteiger partial charge in [-0.25, -0.2) is 4.99 Å².